The monoisotopic (exact) mass is 996 g/mol. The molecule has 1 aliphatic carbocycles. The smallest absolute Gasteiger partial charge is 0.238 e. The molecule has 0 N–H and O–H groups in total. The number of aromatic nitrogens is 6. The van der Waals surface area contributed by atoms with Gasteiger partial charge in [-0.25, -0.2) is 4.98 Å². The van der Waals surface area contributed by atoms with Crippen molar-refractivity contribution in [1.29, 1.82) is 0 Å². The third kappa shape index (κ3) is 6.66. The fourth-order valence-electron chi connectivity index (χ4n) is 12.7. The van der Waals surface area contributed by atoms with Crippen LogP contribution < -0.4 is 0 Å². The largest absolute Gasteiger partial charge is 0.309 e. The predicted octanol–water partition coefficient (Wildman–Crippen LogP) is 18.1. The summed E-state index contributed by atoms with van der Waals surface area (Å²) in [5.74, 6) is 1.83. The minimum Gasteiger partial charge on any atom is -0.309 e. The van der Waals surface area contributed by atoms with E-state index in [1.807, 2.05) is 36.4 Å². The van der Waals surface area contributed by atoms with Gasteiger partial charge in [0.15, 0.2) is 11.6 Å². The van der Waals surface area contributed by atoms with Crippen molar-refractivity contribution in [1.82, 2.24) is 28.7 Å². The van der Waals surface area contributed by atoms with Crippen LogP contribution in [0.4, 0.5) is 0 Å². The van der Waals surface area contributed by atoms with Crippen molar-refractivity contribution in [2.24, 2.45) is 0 Å². The van der Waals surface area contributed by atoms with Crippen molar-refractivity contribution < 1.29 is 0 Å². The van der Waals surface area contributed by atoms with Crippen LogP contribution in [0.2, 0.25) is 0 Å². The van der Waals surface area contributed by atoms with E-state index in [-0.39, 0.29) is 5.41 Å². The fourth-order valence-corrected chi connectivity index (χ4v) is 12.7. The third-order valence-corrected chi connectivity index (χ3v) is 16.5. The minimum atomic E-state index is -0.208. The number of nitrogens with zero attached hydrogens (tertiary/aromatic N) is 6. The molecule has 0 fully saturated rings. The zero-order chi connectivity index (χ0) is 51.6. The van der Waals surface area contributed by atoms with E-state index in [0.29, 0.717) is 17.6 Å². The summed E-state index contributed by atoms with van der Waals surface area (Å²) in [6, 6.07) is 92.2. The summed E-state index contributed by atoms with van der Waals surface area (Å²) in [6.07, 6.45) is 0. The molecular formula is C72H48N6. The fraction of sp³-hybridized carbons (Fsp3) is 0.0417. The number of rotatable bonds is 7. The van der Waals surface area contributed by atoms with Gasteiger partial charge >= 0.3 is 0 Å². The van der Waals surface area contributed by atoms with Crippen LogP contribution in [0.5, 0.6) is 0 Å². The van der Waals surface area contributed by atoms with Gasteiger partial charge < -0.3 is 9.13 Å². The molecule has 0 aliphatic heterocycles. The van der Waals surface area contributed by atoms with E-state index in [1.165, 1.54) is 66.0 Å². The first-order chi connectivity index (χ1) is 38.4. The molecular weight excluding hydrogens is 949 g/mol. The first-order valence-corrected chi connectivity index (χ1v) is 26.8. The quantitative estimate of drug-likeness (QED) is 0.160. The minimum absolute atomic E-state index is 0.208. The lowest BCUT2D eigenvalue weighted by Gasteiger charge is -2.21. The Bertz CT molecular complexity index is 4850. The first-order valence-electron chi connectivity index (χ1n) is 26.8. The molecule has 78 heavy (non-hydrogen) atoms. The van der Waals surface area contributed by atoms with Crippen molar-refractivity contribution in [3.63, 3.8) is 0 Å². The maximum atomic E-state index is 5.32. The van der Waals surface area contributed by atoms with Crippen molar-refractivity contribution >= 4 is 65.4 Å². The van der Waals surface area contributed by atoms with Crippen molar-refractivity contribution in [3.05, 3.63) is 266 Å². The Kier molecular flexibility index (Phi) is 9.58. The Balaban J connectivity index is 0.895. The molecule has 6 nitrogen and oxygen atoms in total. The summed E-state index contributed by atoms with van der Waals surface area (Å²) in [6.45, 7) is 4.69. The number of hydrogen-bond donors (Lipinski definition) is 0. The van der Waals surface area contributed by atoms with E-state index >= 15 is 0 Å². The molecule has 0 unspecified atom stereocenters. The second-order valence-electron chi connectivity index (χ2n) is 21.2. The lowest BCUT2D eigenvalue weighted by molar-refractivity contribution is 0.661. The van der Waals surface area contributed by atoms with Crippen molar-refractivity contribution in [2.75, 3.05) is 0 Å². The lowest BCUT2D eigenvalue weighted by Crippen LogP contribution is -2.15. The number of para-hydroxylation sites is 3. The van der Waals surface area contributed by atoms with Gasteiger partial charge in [-0.3, -0.25) is 4.57 Å². The summed E-state index contributed by atoms with van der Waals surface area (Å²) >= 11 is 0. The van der Waals surface area contributed by atoms with Gasteiger partial charge in [0, 0.05) is 60.2 Å². The van der Waals surface area contributed by atoms with Gasteiger partial charge in [0.2, 0.25) is 5.95 Å². The van der Waals surface area contributed by atoms with Crippen LogP contribution in [0.15, 0.2) is 255 Å². The summed E-state index contributed by atoms with van der Waals surface area (Å²) < 4.78 is 7.09. The van der Waals surface area contributed by atoms with Gasteiger partial charge in [-0.15, -0.1) is 0 Å². The molecule has 0 spiro atoms. The first kappa shape index (κ1) is 44.2. The second-order valence-corrected chi connectivity index (χ2v) is 21.2. The summed E-state index contributed by atoms with van der Waals surface area (Å²) in [4.78, 5) is 15.7. The Morgan fingerprint density at radius 2 is 0.692 bits per heavy atom. The topological polar surface area (TPSA) is 53.5 Å². The molecule has 0 saturated carbocycles. The average molecular weight is 997 g/mol. The zero-order valence-electron chi connectivity index (χ0n) is 42.9. The summed E-state index contributed by atoms with van der Waals surface area (Å²) in [7, 11) is 0. The molecule has 15 aromatic rings. The maximum absolute atomic E-state index is 5.32. The molecule has 11 aromatic carbocycles. The van der Waals surface area contributed by atoms with E-state index in [0.717, 1.165) is 66.5 Å². The molecule has 4 heterocycles. The van der Waals surface area contributed by atoms with Crippen LogP contribution in [0, 0.1) is 0 Å². The lowest BCUT2D eigenvalue weighted by atomic mass is 9.82. The van der Waals surface area contributed by atoms with Gasteiger partial charge in [-0.1, -0.05) is 190 Å². The molecule has 4 aromatic heterocycles. The molecule has 16 rings (SSSR count). The van der Waals surface area contributed by atoms with E-state index in [9.17, 15) is 0 Å². The second kappa shape index (κ2) is 16.9. The maximum Gasteiger partial charge on any atom is 0.238 e. The van der Waals surface area contributed by atoms with Crippen molar-refractivity contribution in [3.8, 4) is 73.5 Å². The van der Waals surface area contributed by atoms with E-state index < -0.39 is 0 Å². The Morgan fingerprint density at radius 1 is 0.269 bits per heavy atom. The zero-order valence-corrected chi connectivity index (χ0v) is 42.9. The van der Waals surface area contributed by atoms with E-state index in [4.69, 9.17) is 15.0 Å². The van der Waals surface area contributed by atoms with E-state index in [2.05, 4.69) is 246 Å². The third-order valence-electron chi connectivity index (χ3n) is 16.5. The van der Waals surface area contributed by atoms with E-state index in [1.54, 1.807) is 0 Å². The van der Waals surface area contributed by atoms with Gasteiger partial charge in [0.05, 0.1) is 33.1 Å². The SMILES string of the molecule is CC1(C)c2ccccc2-c2cc3c4cc(-c5ccc6c7cc(-c8ccc9c%10ccccc%10n(-c%10ccccc%10)c9c8)ccc7n(-c7ccccc7)c6c5)ccc4n(-c4nc(-c5ccccc5)nc(-c5ccccc5)n4)c3cc21. The molecule has 0 bridgehead atoms. The molecule has 0 radical (unpaired) electrons. The number of hydrogen-bond acceptors (Lipinski definition) is 3. The summed E-state index contributed by atoms with van der Waals surface area (Å²) in [5.41, 5.74) is 20.5. The van der Waals surface area contributed by atoms with Gasteiger partial charge in [-0.05, 0) is 123 Å². The van der Waals surface area contributed by atoms with Crippen LogP contribution in [0.25, 0.3) is 139 Å². The molecule has 1 aliphatic rings. The summed E-state index contributed by atoms with van der Waals surface area (Å²) in [5, 5.41) is 7.18. The molecule has 0 saturated heterocycles. The highest BCUT2D eigenvalue weighted by Gasteiger charge is 2.36. The van der Waals surface area contributed by atoms with Crippen LogP contribution in [-0.2, 0) is 5.41 Å². The highest BCUT2D eigenvalue weighted by Crippen LogP contribution is 2.51. The van der Waals surface area contributed by atoms with Crippen LogP contribution in [0.3, 0.4) is 0 Å². The molecule has 0 amide bonds. The molecule has 6 heteroatoms. The van der Waals surface area contributed by atoms with Crippen molar-refractivity contribution in [2.45, 2.75) is 19.3 Å². The molecule has 0 atom stereocenters. The van der Waals surface area contributed by atoms with Gasteiger partial charge in [0.25, 0.3) is 0 Å². The Hall–Kier alpha value is -10.2. The highest BCUT2D eigenvalue weighted by atomic mass is 15.2. The number of benzene rings is 11. The van der Waals surface area contributed by atoms with Crippen LogP contribution in [0.1, 0.15) is 25.0 Å². The van der Waals surface area contributed by atoms with Crippen LogP contribution >= 0.6 is 0 Å². The Morgan fingerprint density at radius 3 is 1.29 bits per heavy atom. The standard InChI is InChI=1S/C72H48N6/c1-72(2)61-29-17-15-27-53(61)57-43-60-59-40-48(34-38-65(59)78(68(60)44-62(57)72)71-74-69(45-19-7-3-8-20-45)73-70(75-71)46-21-9-4-10-22-46)50-32-36-56-58-39-47(33-37-64(58)77(67(56)42-50)52-25-13-6-14-26-52)49-31-35-55-54-28-16-18-30-63(54)76(66(55)41-49)51-23-11-5-12-24-51/h3-44H,1-2H3. The normalized spacial score (nSPS) is 12.8. The Labute approximate surface area is 450 Å². The highest BCUT2D eigenvalue weighted by molar-refractivity contribution is 6.15. The molecule has 366 valence electrons. The average Bonchev–Trinajstić information content (AvgIpc) is 4.39. The number of fused-ring (bicyclic) bond motifs is 12. The van der Waals surface area contributed by atoms with Crippen LogP contribution in [-0.4, -0.2) is 28.7 Å². The predicted molar refractivity (Wildman–Crippen MR) is 322 cm³/mol. The van der Waals surface area contributed by atoms with Gasteiger partial charge in [0.1, 0.15) is 0 Å². The van der Waals surface area contributed by atoms with Gasteiger partial charge in [-0.2, -0.15) is 9.97 Å².